The van der Waals surface area contributed by atoms with E-state index in [0.717, 1.165) is 48.4 Å². The van der Waals surface area contributed by atoms with Crippen LogP contribution in [0.3, 0.4) is 0 Å². The largest absolute Gasteiger partial charge is 0.491 e. The first kappa shape index (κ1) is 19.9. The molecule has 3 rings (SSSR count). The van der Waals surface area contributed by atoms with Crippen LogP contribution in [0.1, 0.15) is 35.6 Å². The first-order valence-corrected chi connectivity index (χ1v) is 9.86. The summed E-state index contributed by atoms with van der Waals surface area (Å²) in [5, 5.41) is 20.9. The second kappa shape index (κ2) is 9.36. The minimum Gasteiger partial charge on any atom is -0.491 e. The first-order valence-electron chi connectivity index (χ1n) is 9.86. The number of aryl methyl sites for hydroxylation is 2. The van der Waals surface area contributed by atoms with E-state index in [2.05, 4.69) is 11.0 Å². The van der Waals surface area contributed by atoms with Gasteiger partial charge >= 0.3 is 0 Å². The minimum absolute atomic E-state index is 0.284. The van der Waals surface area contributed by atoms with E-state index < -0.39 is 12.2 Å². The second-order valence-corrected chi connectivity index (χ2v) is 7.73. The normalized spacial score (nSPS) is 18.2. The highest BCUT2D eigenvalue weighted by Gasteiger charge is 2.27. The predicted octanol–water partition coefficient (Wildman–Crippen LogP) is 3.49. The molecule has 2 aromatic rings. The number of hydrogen-bond acceptors (Lipinski definition) is 4. The van der Waals surface area contributed by atoms with E-state index in [9.17, 15) is 10.2 Å². The average molecular weight is 370 g/mol. The third-order valence-electron chi connectivity index (χ3n) is 5.46. The third kappa shape index (κ3) is 5.55. The molecule has 0 aliphatic carbocycles. The number of piperidine rings is 1. The van der Waals surface area contributed by atoms with Gasteiger partial charge in [-0.3, -0.25) is 0 Å². The molecule has 146 valence electrons. The Kier molecular flexibility index (Phi) is 6.89. The summed E-state index contributed by atoms with van der Waals surface area (Å²) < 4.78 is 5.82. The molecule has 0 radical (unpaired) electrons. The van der Waals surface area contributed by atoms with E-state index in [0.29, 0.717) is 13.2 Å². The molecule has 1 fully saturated rings. The molecule has 1 saturated heterocycles. The van der Waals surface area contributed by atoms with Crippen LogP contribution in [0, 0.1) is 19.8 Å². The van der Waals surface area contributed by atoms with Crippen LogP contribution < -0.4 is 4.74 Å². The molecule has 1 heterocycles. The van der Waals surface area contributed by atoms with Gasteiger partial charge in [0.1, 0.15) is 18.5 Å². The Bertz CT molecular complexity index is 711. The molecular formula is C23H31NO3. The van der Waals surface area contributed by atoms with Gasteiger partial charge in [0, 0.05) is 6.54 Å². The number of aliphatic hydroxyl groups is 2. The maximum Gasteiger partial charge on any atom is 0.122 e. The van der Waals surface area contributed by atoms with Gasteiger partial charge in [-0.2, -0.15) is 0 Å². The number of rotatable bonds is 7. The van der Waals surface area contributed by atoms with Gasteiger partial charge in [0.05, 0.1) is 6.10 Å². The van der Waals surface area contributed by atoms with Crippen molar-refractivity contribution in [1.29, 1.82) is 0 Å². The van der Waals surface area contributed by atoms with E-state index in [-0.39, 0.29) is 5.92 Å². The molecule has 0 spiro atoms. The summed E-state index contributed by atoms with van der Waals surface area (Å²) in [5.74, 6) is 1.13. The van der Waals surface area contributed by atoms with E-state index in [1.807, 2.05) is 56.3 Å². The molecule has 1 aliphatic heterocycles. The second-order valence-electron chi connectivity index (χ2n) is 7.73. The highest BCUT2D eigenvalue weighted by molar-refractivity contribution is 5.35. The van der Waals surface area contributed by atoms with Gasteiger partial charge in [0.25, 0.3) is 0 Å². The molecule has 0 amide bonds. The van der Waals surface area contributed by atoms with Gasteiger partial charge in [-0.1, -0.05) is 42.5 Å². The van der Waals surface area contributed by atoms with E-state index in [1.165, 1.54) is 0 Å². The fourth-order valence-corrected chi connectivity index (χ4v) is 3.77. The molecular weight excluding hydrogens is 338 g/mol. The molecule has 0 saturated carbocycles. The van der Waals surface area contributed by atoms with Crippen LogP contribution in [0.5, 0.6) is 5.75 Å². The third-order valence-corrected chi connectivity index (χ3v) is 5.46. The standard InChI is InChI=1S/C23H31NO3/c1-17-8-9-18(2)22(14-17)27-16-21(25)15-24-12-10-20(11-13-24)23(26)19-6-4-3-5-7-19/h3-9,14,20-21,23,25-26H,10-13,15-16H2,1-2H3. The van der Waals surface area contributed by atoms with Gasteiger partial charge in [-0.05, 0) is 68.5 Å². The van der Waals surface area contributed by atoms with Crippen molar-refractivity contribution < 1.29 is 14.9 Å². The molecule has 2 atom stereocenters. The van der Waals surface area contributed by atoms with Crippen molar-refractivity contribution in [2.24, 2.45) is 5.92 Å². The fourth-order valence-electron chi connectivity index (χ4n) is 3.77. The summed E-state index contributed by atoms with van der Waals surface area (Å²) in [7, 11) is 0. The van der Waals surface area contributed by atoms with Gasteiger partial charge < -0.3 is 19.8 Å². The van der Waals surface area contributed by atoms with Crippen LogP contribution in [0.25, 0.3) is 0 Å². The highest BCUT2D eigenvalue weighted by Crippen LogP contribution is 2.30. The molecule has 1 aliphatic rings. The predicted molar refractivity (Wildman–Crippen MR) is 108 cm³/mol. The van der Waals surface area contributed by atoms with Gasteiger partial charge in [0.15, 0.2) is 0 Å². The number of nitrogens with zero attached hydrogens (tertiary/aromatic N) is 1. The van der Waals surface area contributed by atoms with Crippen molar-refractivity contribution in [3.05, 3.63) is 65.2 Å². The van der Waals surface area contributed by atoms with Crippen molar-refractivity contribution in [3.63, 3.8) is 0 Å². The Labute approximate surface area is 162 Å². The van der Waals surface area contributed by atoms with E-state index in [1.54, 1.807) is 0 Å². The lowest BCUT2D eigenvalue weighted by Crippen LogP contribution is -2.41. The Morgan fingerprint density at radius 3 is 2.44 bits per heavy atom. The number of aliphatic hydroxyl groups excluding tert-OH is 2. The van der Waals surface area contributed by atoms with Gasteiger partial charge in [0.2, 0.25) is 0 Å². The Morgan fingerprint density at radius 2 is 1.74 bits per heavy atom. The van der Waals surface area contributed by atoms with Crippen LogP contribution >= 0.6 is 0 Å². The molecule has 2 N–H and O–H groups in total. The van der Waals surface area contributed by atoms with Crippen LogP contribution in [-0.2, 0) is 0 Å². The molecule has 4 nitrogen and oxygen atoms in total. The van der Waals surface area contributed by atoms with Crippen molar-refractivity contribution in [1.82, 2.24) is 4.90 Å². The molecule has 27 heavy (non-hydrogen) atoms. The van der Waals surface area contributed by atoms with Crippen molar-refractivity contribution in [2.45, 2.75) is 38.9 Å². The topological polar surface area (TPSA) is 52.9 Å². The lowest BCUT2D eigenvalue weighted by molar-refractivity contribution is 0.0278. The quantitative estimate of drug-likeness (QED) is 0.784. The molecule has 4 heteroatoms. The Hall–Kier alpha value is -1.88. The summed E-state index contributed by atoms with van der Waals surface area (Å²) in [6.07, 6.45) is 0.979. The van der Waals surface area contributed by atoms with Crippen LogP contribution in [-0.4, -0.2) is 47.5 Å². The zero-order valence-electron chi connectivity index (χ0n) is 16.3. The number of likely N-dealkylation sites (tertiary alicyclic amines) is 1. The zero-order chi connectivity index (χ0) is 19.2. The number of ether oxygens (including phenoxy) is 1. The van der Waals surface area contributed by atoms with Crippen molar-refractivity contribution in [2.75, 3.05) is 26.2 Å². The van der Waals surface area contributed by atoms with Crippen LogP contribution in [0.2, 0.25) is 0 Å². The lowest BCUT2D eigenvalue weighted by atomic mass is 9.87. The number of β-amino-alcohol motifs (C(OH)–C–C–N with tert-alkyl or cyclic N) is 1. The summed E-state index contributed by atoms with van der Waals surface area (Å²) in [4.78, 5) is 2.27. The Morgan fingerprint density at radius 1 is 1.04 bits per heavy atom. The SMILES string of the molecule is Cc1ccc(C)c(OCC(O)CN2CCC(C(O)c3ccccc3)CC2)c1. The fraction of sp³-hybridized carbons (Fsp3) is 0.478. The molecule has 0 bridgehead atoms. The van der Waals surface area contributed by atoms with E-state index >= 15 is 0 Å². The molecule has 0 aromatic heterocycles. The van der Waals surface area contributed by atoms with Crippen LogP contribution in [0.15, 0.2) is 48.5 Å². The van der Waals surface area contributed by atoms with Crippen molar-refractivity contribution >= 4 is 0 Å². The smallest absolute Gasteiger partial charge is 0.122 e. The summed E-state index contributed by atoms with van der Waals surface area (Å²) in [6.45, 7) is 6.76. The minimum atomic E-state index is -0.513. The molecule has 2 unspecified atom stereocenters. The average Bonchev–Trinajstić information content (AvgIpc) is 2.69. The Balaban J connectivity index is 1.43. The zero-order valence-corrected chi connectivity index (χ0v) is 16.3. The number of benzene rings is 2. The number of hydrogen-bond donors (Lipinski definition) is 2. The maximum atomic E-state index is 10.6. The van der Waals surface area contributed by atoms with E-state index in [4.69, 9.17) is 4.74 Å². The maximum absolute atomic E-state index is 10.6. The highest BCUT2D eigenvalue weighted by atomic mass is 16.5. The van der Waals surface area contributed by atoms with Gasteiger partial charge in [-0.25, -0.2) is 0 Å². The lowest BCUT2D eigenvalue weighted by Gasteiger charge is -2.35. The monoisotopic (exact) mass is 369 g/mol. The van der Waals surface area contributed by atoms with Crippen LogP contribution in [0.4, 0.5) is 0 Å². The van der Waals surface area contributed by atoms with Crippen molar-refractivity contribution in [3.8, 4) is 5.75 Å². The summed E-state index contributed by atoms with van der Waals surface area (Å²) in [5.41, 5.74) is 3.24. The summed E-state index contributed by atoms with van der Waals surface area (Å²) in [6, 6.07) is 16.0. The molecule has 2 aromatic carbocycles. The first-order chi connectivity index (χ1) is 13.0. The summed E-state index contributed by atoms with van der Waals surface area (Å²) >= 11 is 0. The van der Waals surface area contributed by atoms with Gasteiger partial charge in [-0.15, -0.1) is 0 Å².